The molecule has 1 aromatic carbocycles. The van der Waals surface area contributed by atoms with Crippen molar-refractivity contribution < 1.29 is 9.18 Å². The van der Waals surface area contributed by atoms with Gasteiger partial charge >= 0.3 is 0 Å². The quantitative estimate of drug-likeness (QED) is 0.759. The molecule has 0 aromatic heterocycles. The van der Waals surface area contributed by atoms with E-state index in [2.05, 4.69) is 22.2 Å². The number of halogens is 1. The molecular formula is C18H29FN4O. The molecule has 1 aromatic rings. The van der Waals surface area contributed by atoms with Gasteiger partial charge < -0.3 is 15.1 Å². The monoisotopic (exact) mass is 336 g/mol. The Bertz CT molecular complexity index is 512. The molecule has 0 radical (unpaired) electrons. The van der Waals surface area contributed by atoms with Crippen LogP contribution in [0.5, 0.6) is 0 Å². The van der Waals surface area contributed by atoms with Crippen LogP contribution in [0.1, 0.15) is 18.0 Å². The summed E-state index contributed by atoms with van der Waals surface area (Å²) in [5, 5.41) is 3.01. The Morgan fingerprint density at radius 2 is 1.83 bits per heavy atom. The van der Waals surface area contributed by atoms with Gasteiger partial charge in [-0.05, 0) is 51.8 Å². The molecule has 0 bridgehead atoms. The number of carbonyl (C=O) groups is 1. The fourth-order valence-electron chi connectivity index (χ4n) is 3.01. The highest BCUT2D eigenvalue weighted by molar-refractivity contribution is 5.83. The predicted octanol–water partition coefficient (Wildman–Crippen LogP) is 1.18. The first-order chi connectivity index (χ1) is 11.5. The fourth-order valence-corrected chi connectivity index (χ4v) is 3.01. The van der Waals surface area contributed by atoms with Gasteiger partial charge in [-0.15, -0.1) is 0 Å². The second-order valence-corrected chi connectivity index (χ2v) is 6.71. The van der Waals surface area contributed by atoms with Crippen LogP contribution in [-0.2, 0) is 4.79 Å². The fraction of sp³-hybridized carbons (Fsp3) is 0.611. The summed E-state index contributed by atoms with van der Waals surface area (Å²) in [6.07, 6.45) is 0.943. The van der Waals surface area contributed by atoms with Crippen molar-refractivity contribution in [2.45, 2.75) is 12.5 Å². The zero-order valence-corrected chi connectivity index (χ0v) is 15.0. The third kappa shape index (κ3) is 5.54. The van der Waals surface area contributed by atoms with Gasteiger partial charge in [-0.3, -0.25) is 9.69 Å². The third-order valence-electron chi connectivity index (χ3n) is 4.50. The van der Waals surface area contributed by atoms with Crippen LogP contribution in [0, 0.1) is 5.82 Å². The van der Waals surface area contributed by atoms with Crippen LogP contribution in [0.2, 0.25) is 0 Å². The van der Waals surface area contributed by atoms with Crippen LogP contribution in [0.25, 0.3) is 0 Å². The predicted molar refractivity (Wildman–Crippen MR) is 94.4 cm³/mol. The van der Waals surface area contributed by atoms with Crippen molar-refractivity contribution >= 4 is 5.91 Å². The van der Waals surface area contributed by atoms with Gasteiger partial charge in [0.1, 0.15) is 11.9 Å². The van der Waals surface area contributed by atoms with E-state index in [0.29, 0.717) is 6.54 Å². The molecule has 1 aliphatic rings. The van der Waals surface area contributed by atoms with Crippen molar-refractivity contribution in [3.05, 3.63) is 35.6 Å². The molecular weight excluding hydrogens is 307 g/mol. The smallest absolute Gasteiger partial charge is 0.241 e. The Kier molecular flexibility index (Phi) is 7.15. The van der Waals surface area contributed by atoms with Gasteiger partial charge in [0.15, 0.2) is 0 Å². The van der Waals surface area contributed by atoms with E-state index in [-0.39, 0.29) is 11.7 Å². The van der Waals surface area contributed by atoms with Gasteiger partial charge in [-0.25, -0.2) is 4.39 Å². The standard InChI is InChI=1S/C18H29FN4O/c1-21(2)17(15-5-7-16(19)8-6-15)18(24)20-9-4-10-23-13-11-22(3)12-14-23/h5-8,17H,4,9-14H2,1-3H3,(H,20,24). The summed E-state index contributed by atoms with van der Waals surface area (Å²) < 4.78 is 13.1. The summed E-state index contributed by atoms with van der Waals surface area (Å²) >= 11 is 0. The number of benzene rings is 1. The topological polar surface area (TPSA) is 38.8 Å². The summed E-state index contributed by atoms with van der Waals surface area (Å²) in [4.78, 5) is 19.1. The summed E-state index contributed by atoms with van der Waals surface area (Å²) in [5.41, 5.74) is 0.804. The lowest BCUT2D eigenvalue weighted by molar-refractivity contribution is -0.125. The Hall–Kier alpha value is -1.50. The number of carbonyl (C=O) groups excluding carboxylic acids is 1. The van der Waals surface area contributed by atoms with Gasteiger partial charge in [-0.2, -0.15) is 0 Å². The van der Waals surface area contributed by atoms with Crippen molar-refractivity contribution in [1.82, 2.24) is 20.0 Å². The lowest BCUT2D eigenvalue weighted by atomic mass is 10.1. The lowest BCUT2D eigenvalue weighted by Gasteiger charge is -2.32. The highest BCUT2D eigenvalue weighted by Gasteiger charge is 2.22. The van der Waals surface area contributed by atoms with Crippen LogP contribution in [0.4, 0.5) is 4.39 Å². The maximum absolute atomic E-state index is 13.1. The molecule has 24 heavy (non-hydrogen) atoms. The van der Waals surface area contributed by atoms with Crippen LogP contribution in [-0.4, -0.2) is 81.0 Å². The van der Waals surface area contributed by atoms with E-state index in [1.54, 1.807) is 12.1 Å². The van der Waals surface area contributed by atoms with Crippen LogP contribution < -0.4 is 5.32 Å². The minimum atomic E-state index is -0.394. The second-order valence-electron chi connectivity index (χ2n) is 6.71. The maximum atomic E-state index is 13.1. The van der Waals surface area contributed by atoms with Gasteiger partial charge in [0.05, 0.1) is 0 Å². The zero-order chi connectivity index (χ0) is 17.5. The SMILES string of the molecule is CN1CCN(CCCNC(=O)C(c2ccc(F)cc2)N(C)C)CC1. The van der Waals surface area contributed by atoms with E-state index in [9.17, 15) is 9.18 Å². The van der Waals surface area contributed by atoms with E-state index < -0.39 is 6.04 Å². The molecule has 1 N–H and O–H groups in total. The number of amides is 1. The lowest BCUT2D eigenvalue weighted by Crippen LogP contribution is -2.45. The average molecular weight is 336 g/mol. The molecule has 1 atom stereocenters. The molecule has 1 amide bonds. The molecule has 1 saturated heterocycles. The largest absolute Gasteiger partial charge is 0.354 e. The first-order valence-corrected chi connectivity index (χ1v) is 8.58. The van der Waals surface area contributed by atoms with E-state index in [0.717, 1.165) is 44.7 Å². The summed E-state index contributed by atoms with van der Waals surface area (Å²) in [5.74, 6) is -0.325. The third-order valence-corrected chi connectivity index (χ3v) is 4.50. The van der Waals surface area contributed by atoms with Crippen LogP contribution in [0.15, 0.2) is 24.3 Å². The van der Waals surface area contributed by atoms with Crippen molar-refractivity contribution in [1.29, 1.82) is 0 Å². The van der Waals surface area contributed by atoms with E-state index in [1.807, 2.05) is 19.0 Å². The molecule has 1 fully saturated rings. The van der Waals surface area contributed by atoms with E-state index in [1.165, 1.54) is 12.1 Å². The number of nitrogens with one attached hydrogen (secondary N) is 1. The first kappa shape index (κ1) is 18.8. The molecule has 2 rings (SSSR count). The number of likely N-dealkylation sites (N-methyl/N-ethyl adjacent to an activating group) is 2. The van der Waals surface area contributed by atoms with Gasteiger partial charge in [0, 0.05) is 32.7 Å². The second kappa shape index (κ2) is 9.11. The van der Waals surface area contributed by atoms with Crippen molar-refractivity contribution in [2.24, 2.45) is 0 Å². The Labute approximate surface area is 144 Å². The van der Waals surface area contributed by atoms with Gasteiger partial charge in [0.2, 0.25) is 5.91 Å². The number of hydrogen-bond acceptors (Lipinski definition) is 4. The van der Waals surface area contributed by atoms with Crippen molar-refractivity contribution in [3.63, 3.8) is 0 Å². The molecule has 5 nitrogen and oxygen atoms in total. The normalized spacial score (nSPS) is 17.9. The molecule has 1 aliphatic heterocycles. The number of nitrogens with zero attached hydrogens (tertiary/aromatic N) is 3. The summed E-state index contributed by atoms with van der Waals surface area (Å²) in [7, 11) is 5.87. The van der Waals surface area contributed by atoms with Gasteiger partial charge in [-0.1, -0.05) is 12.1 Å². The van der Waals surface area contributed by atoms with Crippen LogP contribution >= 0.6 is 0 Å². The molecule has 0 spiro atoms. The number of piperazine rings is 1. The van der Waals surface area contributed by atoms with E-state index in [4.69, 9.17) is 0 Å². The van der Waals surface area contributed by atoms with Crippen molar-refractivity contribution in [2.75, 3.05) is 60.4 Å². The molecule has 1 heterocycles. The Morgan fingerprint density at radius 1 is 1.21 bits per heavy atom. The minimum absolute atomic E-state index is 0.0371. The summed E-state index contributed by atoms with van der Waals surface area (Å²) in [6, 6.07) is 5.74. The Balaban J connectivity index is 1.78. The zero-order valence-electron chi connectivity index (χ0n) is 15.0. The van der Waals surface area contributed by atoms with Crippen molar-refractivity contribution in [3.8, 4) is 0 Å². The molecule has 0 aliphatic carbocycles. The maximum Gasteiger partial charge on any atom is 0.241 e. The summed E-state index contributed by atoms with van der Waals surface area (Å²) in [6.45, 7) is 6.09. The molecule has 0 saturated carbocycles. The first-order valence-electron chi connectivity index (χ1n) is 8.58. The molecule has 6 heteroatoms. The van der Waals surface area contributed by atoms with E-state index >= 15 is 0 Å². The minimum Gasteiger partial charge on any atom is -0.354 e. The highest BCUT2D eigenvalue weighted by atomic mass is 19.1. The number of hydrogen-bond donors (Lipinski definition) is 1. The molecule has 1 unspecified atom stereocenters. The highest BCUT2D eigenvalue weighted by Crippen LogP contribution is 2.18. The molecule has 134 valence electrons. The Morgan fingerprint density at radius 3 is 2.42 bits per heavy atom. The average Bonchev–Trinajstić information content (AvgIpc) is 2.55. The van der Waals surface area contributed by atoms with Gasteiger partial charge in [0.25, 0.3) is 0 Å². The van der Waals surface area contributed by atoms with Crippen LogP contribution in [0.3, 0.4) is 0 Å². The number of rotatable bonds is 7.